The quantitative estimate of drug-likeness (QED) is 0.267. The van der Waals surface area contributed by atoms with Crippen LogP contribution in [0.15, 0.2) is 23.3 Å². The summed E-state index contributed by atoms with van der Waals surface area (Å²) >= 11 is 0. The van der Waals surface area contributed by atoms with Gasteiger partial charge >= 0.3 is 5.97 Å². The third-order valence-corrected chi connectivity index (χ3v) is 9.84. The van der Waals surface area contributed by atoms with Crippen LogP contribution in [0, 0.1) is 28.6 Å². The van der Waals surface area contributed by atoms with Crippen molar-refractivity contribution in [2.45, 2.75) is 83.8 Å². The number of nitrogens with one attached hydrogen (secondary N) is 1. The van der Waals surface area contributed by atoms with Crippen LogP contribution in [0.5, 0.6) is 0 Å². The number of allylic oxidation sites excluding steroid dienone is 2. The lowest BCUT2D eigenvalue weighted by atomic mass is 9.48. The standard InChI is InChI=1S/C27H41NO6/c1-17(32)34-20-8-10-25(2)18(12-20)4-6-21-22-7-5-19(26(22,3)11-9-23(21)25)13-24(33)28-27(14-29,15-30)16-31/h4,13,20-23,29-31H,5-12,14-16H2,1-3H3,(H,28,33)/b19-13+/t20-,21-,22-,23-,25-,26+/m0/s1. The lowest BCUT2D eigenvalue weighted by Crippen LogP contribution is -2.56. The van der Waals surface area contributed by atoms with Crippen LogP contribution in [-0.4, -0.2) is 58.7 Å². The molecule has 0 saturated heterocycles. The van der Waals surface area contributed by atoms with E-state index in [9.17, 15) is 24.9 Å². The van der Waals surface area contributed by atoms with Crippen molar-refractivity contribution in [3.05, 3.63) is 23.3 Å². The summed E-state index contributed by atoms with van der Waals surface area (Å²) in [4.78, 5) is 24.2. The lowest BCUT2D eigenvalue weighted by molar-refractivity contribution is -0.148. The number of hydrogen-bond donors (Lipinski definition) is 4. The topological polar surface area (TPSA) is 116 Å². The molecule has 0 unspecified atom stereocenters. The van der Waals surface area contributed by atoms with Crippen LogP contribution < -0.4 is 5.32 Å². The van der Waals surface area contributed by atoms with Gasteiger partial charge in [-0.25, -0.2) is 0 Å². The number of aliphatic hydroxyl groups excluding tert-OH is 3. The minimum Gasteiger partial charge on any atom is -0.462 e. The van der Waals surface area contributed by atoms with Crippen LogP contribution >= 0.6 is 0 Å². The van der Waals surface area contributed by atoms with E-state index in [1.54, 1.807) is 6.08 Å². The highest BCUT2D eigenvalue weighted by molar-refractivity contribution is 5.89. The van der Waals surface area contributed by atoms with Crippen LogP contribution in [0.1, 0.15) is 72.1 Å². The molecule has 34 heavy (non-hydrogen) atoms. The van der Waals surface area contributed by atoms with Gasteiger partial charge in [0.25, 0.3) is 0 Å². The average molecular weight is 476 g/mol. The molecule has 3 fully saturated rings. The highest BCUT2D eigenvalue weighted by atomic mass is 16.5. The minimum absolute atomic E-state index is 0.00522. The maximum Gasteiger partial charge on any atom is 0.302 e. The van der Waals surface area contributed by atoms with Crippen molar-refractivity contribution in [1.29, 1.82) is 0 Å². The molecule has 0 aromatic heterocycles. The number of ether oxygens (including phenoxy) is 1. The predicted octanol–water partition coefficient (Wildman–Crippen LogP) is 2.64. The number of hydrogen-bond acceptors (Lipinski definition) is 6. The van der Waals surface area contributed by atoms with E-state index in [1.807, 2.05) is 0 Å². The summed E-state index contributed by atoms with van der Waals surface area (Å²) in [6.45, 7) is 4.64. The Labute approximate surface area is 202 Å². The largest absolute Gasteiger partial charge is 0.462 e. The summed E-state index contributed by atoms with van der Waals surface area (Å²) in [5.74, 6) is 1.16. The average Bonchev–Trinajstić information content (AvgIpc) is 3.13. The summed E-state index contributed by atoms with van der Waals surface area (Å²) < 4.78 is 5.54. The number of esters is 1. The van der Waals surface area contributed by atoms with Crippen molar-refractivity contribution in [3.8, 4) is 0 Å². The molecule has 7 nitrogen and oxygen atoms in total. The zero-order valence-electron chi connectivity index (χ0n) is 20.8. The van der Waals surface area contributed by atoms with Gasteiger partial charge in [-0.1, -0.05) is 31.1 Å². The zero-order valence-corrected chi connectivity index (χ0v) is 20.8. The summed E-state index contributed by atoms with van der Waals surface area (Å²) in [7, 11) is 0. The van der Waals surface area contributed by atoms with E-state index in [4.69, 9.17) is 4.74 Å². The molecule has 0 radical (unpaired) electrons. The molecule has 4 aliphatic carbocycles. The van der Waals surface area contributed by atoms with E-state index in [0.717, 1.165) is 56.9 Å². The third-order valence-electron chi connectivity index (χ3n) is 9.84. The fourth-order valence-electron chi connectivity index (χ4n) is 7.77. The molecule has 0 bridgehead atoms. The monoisotopic (exact) mass is 475 g/mol. The predicted molar refractivity (Wildman–Crippen MR) is 127 cm³/mol. The normalized spacial score (nSPS) is 38.4. The van der Waals surface area contributed by atoms with E-state index >= 15 is 0 Å². The van der Waals surface area contributed by atoms with E-state index in [-0.39, 0.29) is 28.8 Å². The van der Waals surface area contributed by atoms with Crippen LogP contribution in [-0.2, 0) is 14.3 Å². The summed E-state index contributed by atoms with van der Waals surface area (Å²) in [6.07, 6.45) is 12.1. The number of fused-ring (bicyclic) bond motifs is 5. The van der Waals surface area contributed by atoms with Crippen LogP contribution in [0.25, 0.3) is 0 Å². The highest BCUT2D eigenvalue weighted by Gasteiger charge is 2.57. The van der Waals surface area contributed by atoms with Gasteiger partial charge in [-0.2, -0.15) is 0 Å². The van der Waals surface area contributed by atoms with Gasteiger partial charge in [0.15, 0.2) is 0 Å². The van der Waals surface area contributed by atoms with Gasteiger partial charge in [-0.15, -0.1) is 0 Å². The number of rotatable bonds is 6. The van der Waals surface area contributed by atoms with Crippen LogP contribution in [0.4, 0.5) is 0 Å². The zero-order chi connectivity index (χ0) is 24.7. The maximum absolute atomic E-state index is 12.8. The molecule has 4 rings (SSSR count). The Balaban J connectivity index is 1.52. The van der Waals surface area contributed by atoms with E-state index in [0.29, 0.717) is 17.8 Å². The number of carbonyl (C=O) groups excluding carboxylic acids is 2. The fraction of sp³-hybridized carbons (Fsp3) is 0.778. The van der Waals surface area contributed by atoms with E-state index in [1.165, 1.54) is 12.5 Å². The van der Waals surface area contributed by atoms with Gasteiger partial charge in [-0.05, 0) is 73.5 Å². The number of aliphatic hydroxyl groups is 3. The second-order valence-electron chi connectivity index (χ2n) is 11.6. The van der Waals surface area contributed by atoms with Gasteiger partial charge in [0.2, 0.25) is 5.91 Å². The lowest BCUT2D eigenvalue weighted by Gasteiger charge is -2.57. The number of carbonyl (C=O) groups is 2. The SMILES string of the molecule is CC(=O)O[C@H]1CC[C@@]2(C)C(=CC[C@@H]3[C@@H]2CC[C@]2(C)/C(=C/C(=O)NC(CO)(CO)CO)CC[C@@H]32)C1. The van der Waals surface area contributed by atoms with Gasteiger partial charge in [0, 0.05) is 19.4 Å². The van der Waals surface area contributed by atoms with Crippen molar-refractivity contribution in [1.82, 2.24) is 5.32 Å². The Hall–Kier alpha value is -1.70. The fourth-order valence-corrected chi connectivity index (χ4v) is 7.77. The van der Waals surface area contributed by atoms with Gasteiger partial charge in [0.1, 0.15) is 11.6 Å². The second kappa shape index (κ2) is 9.40. The van der Waals surface area contributed by atoms with Crippen molar-refractivity contribution in [3.63, 3.8) is 0 Å². The molecule has 0 aromatic carbocycles. The Morgan fingerprint density at radius 3 is 2.38 bits per heavy atom. The van der Waals surface area contributed by atoms with Gasteiger partial charge in [-0.3, -0.25) is 9.59 Å². The Kier molecular flexibility index (Phi) is 7.02. The first-order chi connectivity index (χ1) is 16.1. The summed E-state index contributed by atoms with van der Waals surface area (Å²) in [5.41, 5.74) is 1.34. The molecule has 4 N–H and O–H groups in total. The van der Waals surface area contributed by atoms with Crippen LogP contribution in [0.3, 0.4) is 0 Å². The Morgan fingerprint density at radius 1 is 1.09 bits per heavy atom. The van der Waals surface area contributed by atoms with Crippen LogP contribution in [0.2, 0.25) is 0 Å². The first-order valence-corrected chi connectivity index (χ1v) is 12.8. The molecular formula is C27H41NO6. The highest BCUT2D eigenvalue weighted by Crippen LogP contribution is 2.66. The van der Waals surface area contributed by atoms with Gasteiger partial charge in [0.05, 0.1) is 19.8 Å². The summed E-state index contributed by atoms with van der Waals surface area (Å²) in [5, 5.41) is 31.3. The molecule has 0 spiro atoms. The molecule has 0 aliphatic heterocycles. The molecule has 3 saturated carbocycles. The van der Waals surface area contributed by atoms with Crippen molar-refractivity contribution in [2.75, 3.05) is 19.8 Å². The molecule has 7 heteroatoms. The minimum atomic E-state index is -1.41. The number of amides is 1. The Bertz CT molecular complexity index is 868. The Morgan fingerprint density at radius 2 is 1.74 bits per heavy atom. The van der Waals surface area contributed by atoms with Gasteiger partial charge < -0.3 is 25.4 Å². The first kappa shape index (κ1) is 25.4. The smallest absolute Gasteiger partial charge is 0.302 e. The molecule has 4 aliphatic rings. The van der Waals surface area contributed by atoms with Crippen molar-refractivity contribution >= 4 is 11.9 Å². The van der Waals surface area contributed by atoms with Crippen molar-refractivity contribution in [2.24, 2.45) is 28.6 Å². The van der Waals surface area contributed by atoms with E-state index in [2.05, 4.69) is 25.2 Å². The molecule has 0 heterocycles. The molecule has 190 valence electrons. The first-order valence-electron chi connectivity index (χ1n) is 12.8. The third kappa shape index (κ3) is 4.24. The molecular weight excluding hydrogens is 434 g/mol. The van der Waals surface area contributed by atoms with Crippen molar-refractivity contribution < 1.29 is 29.6 Å². The molecule has 6 atom stereocenters. The molecule has 1 amide bonds. The summed E-state index contributed by atoms with van der Waals surface area (Å²) in [6, 6.07) is 0. The second-order valence-corrected chi connectivity index (χ2v) is 11.6. The molecule has 0 aromatic rings. The van der Waals surface area contributed by atoms with E-state index < -0.39 is 25.4 Å². The maximum atomic E-state index is 12.8.